The van der Waals surface area contributed by atoms with Crippen molar-refractivity contribution in [2.45, 2.75) is 39.5 Å². The maximum absolute atomic E-state index is 11.3. The van der Waals surface area contributed by atoms with E-state index in [1.807, 2.05) is 19.3 Å². The van der Waals surface area contributed by atoms with Gasteiger partial charge in [-0.05, 0) is 43.1 Å². The van der Waals surface area contributed by atoms with E-state index in [1.165, 1.54) is 0 Å². The average Bonchev–Trinajstić information content (AvgIpc) is 2.62. The summed E-state index contributed by atoms with van der Waals surface area (Å²) in [6, 6.07) is 1.99. The molecule has 0 spiro atoms. The summed E-state index contributed by atoms with van der Waals surface area (Å²) in [7, 11) is 1.89. The number of hydrogen-bond acceptors (Lipinski definition) is 2. The SMILES string of the molecule is Cn1ccc(CC2CC(C)(C)CCC2C(=O)O)n1. The van der Waals surface area contributed by atoms with E-state index in [4.69, 9.17) is 0 Å². The highest BCUT2D eigenvalue weighted by Gasteiger charge is 2.38. The van der Waals surface area contributed by atoms with Gasteiger partial charge in [0.2, 0.25) is 0 Å². The van der Waals surface area contributed by atoms with E-state index in [-0.39, 0.29) is 17.3 Å². The topological polar surface area (TPSA) is 55.1 Å². The van der Waals surface area contributed by atoms with Gasteiger partial charge in [-0.3, -0.25) is 9.48 Å². The van der Waals surface area contributed by atoms with Crippen molar-refractivity contribution in [3.8, 4) is 0 Å². The fourth-order valence-electron chi connectivity index (χ4n) is 3.12. The first-order chi connectivity index (χ1) is 8.37. The molecule has 100 valence electrons. The van der Waals surface area contributed by atoms with E-state index in [2.05, 4.69) is 18.9 Å². The summed E-state index contributed by atoms with van der Waals surface area (Å²) < 4.78 is 1.78. The van der Waals surface area contributed by atoms with E-state index in [9.17, 15) is 9.90 Å². The third kappa shape index (κ3) is 2.92. The zero-order valence-electron chi connectivity index (χ0n) is 11.4. The molecule has 0 aliphatic heterocycles. The third-order valence-electron chi connectivity index (χ3n) is 4.07. The van der Waals surface area contributed by atoms with Gasteiger partial charge in [-0.2, -0.15) is 5.10 Å². The molecule has 0 aromatic carbocycles. The maximum Gasteiger partial charge on any atom is 0.306 e. The number of carbonyl (C=O) groups is 1. The minimum absolute atomic E-state index is 0.208. The summed E-state index contributed by atoms with van der Waals surface area (Å²) in [6.07, 6.45) is 5.46. The number of carboxylic acids is 1. The molecule has 0 bridgehead atoms. The standard InChI is InChI=1S/C14H22N2O2/c1-14(2)6-4-12(13(17)18)10(9-14)8-11-5-7-16(3)15-11/h5,7,10,12H,4,6,8-9H2,1-3H3,(H,17,18). The summed E-state index contributed by atoms with van der Waals surface area (Å²) in [5, 5.41) is 13.7. The summed E-state index contributed by atoms with van der Waals surface area (Å²) in [5.74, 6) is -0.646. The van der Waals surface area contributed by atoms with Crippen LogP contribution >= 0.6 is 0 Å². The molecule has 2 rings (SSSR count). The molecule has 1 saturated carbocycles. The van der Waals surface area contributed by atoms with E-state index in [0.29, 0.717) is 0 Å². The Hall–Kier alpha value is -1.32. The maximum atomic E-state index is 11.3. The Labute approximate surface area is 108 Å². The van der Waals surface area contributed by atoms with Crippen LogP contribution in [-0.4, -0.2) is 20.9 Å². The lowest BCUT2D eigenvalue weighted by atomic mass is 9.66. The second kappa shape index (κ2) is 4.75. The molecule has 18 heavy (non-hydrogen) atoms. The van der Waals surface area contributed by atoms with Crippen LogP contribution < -0.4 is 0 Å². The van der Waals surface area contributed by atoms with Crippen molar-refractivity contribution >= 4 is 5.97 Å². The van der Waals surface area contributed by atoms with Crippen molar-refractivity contribution in [2.75, 3.05) is 0 Å². The summed E-state index contributed by atoms with van der Waals surface area (Å²) in [5.41, 5.74) is 1.26. The lowest BCUT2D eigenvalue weighted by molar-refractivity contribution is -0.146. The first-order valence-electron chi connectivity index (χ1n) is 6.59. The molecule has 0 radical (unpaired) electrons. The van der Waals surface area contributed by atoms with Gasteiger partial charge in [0.25, 0.3) is 0 Å². The molecule has 0 saturated heterocycles. The molecule has 1 aliphatic carbocycles. The lowest BCUT2D eigenvalue weighted by Gasteiger charge is -2.38. The Morgan fingerprint density at radius 2 is 2.33 bits per heavy atom. The summed E-state index contributed by atoms with van der Waals surface area (Å²) in [6.45, 7) is 4.47. The highest BCUT2D eigenvalue weighted by molar-refractivity contribution is 5.70. The van der Waals surface area contributed by atoms with Crippen molar-refractivity contribution in [1.82, 2.24) is 9.78 Å². The van der Waals surface area contributed by atoms with Gasteiger partial charge in [0, 0.05) is 13.2 Å². The fraction of sp³-hybridized carbons (Fsp3) is 0.714. The van der Waals surface area contributed by atoms with Crippen LogP contribution in [-0.2, 0) is 18.3 Å². The normalized spacial score (nSPS) is 27.1. The second-order valence-electron chi connectivity index (χ2n) is 6.30. The minimum atomic E-state index is -0.647. The lowest BCUT2D eigenvalue weighted by Crippen LogP contribution is -2.35. The van der Waals surface area contributed by atoms with Gasteiger partial charge in [-0.1, -0.05) is 13.8 Å². The van der Waals surface area contributed by atoms with Crippen LogP contribution in [0.25, 0.3) is 0 Å². The van der Waals surface area contributed by atoms with Gasteiger partial charge < -0.3 is 5.11 Å². The van der Waals surface area contributed by atoms with Crippen molar-refractivity contribution in [3.05, 3.63) is 18.0 Å². The number of aromatic nitrogens is 2. The quantitative estimate of drug-likeness (QED) is 0.896. The summed E-state index contributed by atoms with van der Waals surface area (Å²) in [4.78, 5) is 11.3. The molecule has 0 amide bonds. The molecule has 1 aromatic heterocycles. The van der Waals surface area contributed by atoms with Gasteiger partial charge >= 0.3 is 5.97 Å². The zero-order valence-corrected chi connectivity index (χ0v) is 11.4. The molecule has 4 nitrogen and oxygen atoms in total. The van der Waals surface area contributed by atoms with Crippen LogP contribution in [0.2, 0.25) is 0 Å². The van der Waals surface area contributed by atoms with Gasteiger partial charge in [0.15, 0.2) is 0 Å². The molecule has 1 aliphatic rings. The molecule has 1 heterocycles. The van der Waals surface area contributed by atoms with Crippen molar-refractivity contribution < 1.29 is 9.90 Å². The largest absolute Gasteiger partial charge is 0.481 e. The Morgan fingerprint density at radius 1 is 1.61 bits per heavy atom. The number of nitrogens with zero attached hydrogens (tertiary/aromatic N) is 2. The Kier molecular flexibility index (Phi) is 3.46. The van der Waals surface area contributed by atoms with E-state index >= 15 is 0 Å². The highest BCUT2D eigenvalue weighted by Crippen LogP contribution is 2.43. The number of rotatable bonds is 3. The molecule has 1 aromatic rings. The Bertz CT molecular complexity index is 437. The monoisotopic (exact) mass is 250 g/mol. The molecule has 1 fully saturated rings. The average molecular weight is 250 g/mol. The predicted octanol–water partition coefficient (Wildman–Crippen LogP) is 2.49. The van der Waals surface area contributed by atoms with Crippen LogP contribution in [0.4, 0.5) is 0 Å². The zero-order chi connectivity index (χ0) is 13.3. The molecule has 2 atom stereocenters. The van der Waals surface area contributed by atoms with Crippen molar-refractivity contribution in [2.24, 2.45) is 24.3 Å². The van der Waals surface area contributed by atoms with Gasteiger partial charge in [0.05, 0.1) is 11.6 Å². The van der Waals surface area contributed by atoms with Crippen LogP contribution in [0, 0.1) is 17.3 Å². The van der Waals surface area contributed by atoms with E-state index in [0.717, 1.165) is 31.4 Å². The predicted molar refractivity (Wildman–Crippen MR) is 69.2 cm³/mol. The van der Waals surface area contributed by atoms with Crippen molar-refractivity contribution in [3.63, 3.8) is 0 Å². The minimum Gasteiger partial charge on any atom is -0.481 e. The Morgan fingerprint density at radius 3 is 2.89 bits per heavy atom. The molecular weight excluding hydrogens is 228 g/mol. The summed E-state index contributed by atoms with van der Waals surface area (Å²) >= 11 is 0. The first-order valence-corrected chi connectivity index (χ1v) is 6.59. The van der Waals surface area contributed by atoms with Crippen LogP contribution in [0.15, 0.2) is 12.3 Å². The van der Waals surface area contributed by atoms with Crippen LogP contribution in [0.1, 0.15) is 38.8 Å². The van der Waals surface area contributed by atoms with Crippen LogP contribution in [0.5, 0.6) is 0 Å². The molecule has 1 N–H and O–H groups in total. The van der Waals surface area contributed by atoms with Crippen LogP contribution in [0.3, 0.4) is 0 Å². The third-order valence-corrected chi connectivity index (χ3v) is 4.07. The smallest absolute Gasteiger partial charge is 0.306 e. The van der Waals surface area contributed by atoms with Gasteiger partial charge in [-0.15, -0.1) is 0 Å². The number of aliphatic carboxylic acids is 1. The van der Waals surface area contributed by atoms with E-state index in [1.54, 1.807) is 4.68 Å². The fourth-order valence-corrected chi connectivity index (χ4v) is 3.12. The number of carboxylic acid groups (broad SMARTS) is 1. The highest BCUT2D eigenvalue weighted by atomic mass is 16.4. The Balaban J connectivity index is 2.12. The molecule has 2 unspecified atom stereocenters. The van der Waals surface area contributed by atoms with E-state index < -0.39 is 5.97 Å². The number of hydrogen-bond donors (Lipinski definition) is 1. The van der Waals surface area contributed by atoms with Gasteiger partial charge in [-0.25, -0.2) is 0 Å². The second-order valence-corrected chi connectivity index (χ2v) is 6.30. The van der Waals surface area contributed by atoms with Gasteiger partial charge in [0.1, 0.15) is 0 Å². The molecule has 4 heteroatoms. The number of aryl methyl sites for hydroxylation is 1. The van der Waals surface area contributed by atoms with Crippen molar-refractivity contribution in [1.29, 1.82) is 0 Å². The first kappa shape index (κ1) is 13.1. The molecular formula is C14H22N2O2.